The Labute approximate surface area is 56.0 Å². The Morgan fingerprint density at radius 2 is 2.33 bits per heavy atom. The molecule has 0 bridgehead atoms. The van der Waals surface area contributed by atoms with Crippen molar-refractivity contribution in [1.82, 2.24) is 0 Å². The van der Waals surface area contributed by atoms with E-state index in [0.29, 0.717) is 0 Å². The summed E-state index contributed by atoms with van der Waals surface area (Å²) in [6.45, 7) is 5.55. The molecule has 0 heterocycles. The number of aliphatic hydroxyl groups excluding tert-OH is 1. The second-order valence-corrected chi connectivity index (χ2v) is 1.73. The van der Waals surface area contributed by atoms with Gasteiger partial charge in [-0.3, -0.25) is 0 Å². The van der Waals surface area contributed by atoms with Gasteiger partial charge in [-0.15, -0.1) is 0 Å². The first-order chi connectivity index (χ1) is 4.31. The molecule has 0 aromatic rings. The topological polar surface area (TPSA) is 20.2 Å². The lowest BCUT2D eigenvalue weighted by Gasteiger charge is -1.85. The lowest BCUT2D eigenvalue weighted by atomic mass is 10.2. The number of aliphatic hydroxyl groups is 1. The summed E-state index contributed by atoms with van der Waals surface area (Å²) in [4.78, 5) is 0. The molecule has 0 aromatic carbocycles. The molecule has 0 rings (SSSR count). The third kappa shape index (κ3) is 5.04. The minimum atomic E-state index is 0.104. The van der Waals surface area contributed by atoms with E-state index in [4.69, 9.17) is 5.11 Å². The summed E-state index contributed by atoms with van der Waals surface area (Å²) in [7, 11) is 0. The van der Waals surface area contributed by atoms with Crippen molar-refractivity contribution in [3.63, 3.8) is 0 Å². The van der Waals surface area contributed by atoms with Crippen molar-refractivity contribution >= 4 is 0 Å². The van der Waals surface area contributed by atoms with Crippen LogP contribution in [0, 0.1) is 0 Å². The van der Waals surface area contributed by atoms with Gasteiger partial charge in [0.25, 0.3) is 0 Å². The Bertz CT molecular complexity index is 132. The van der Waals surface area contributed by atoms with E-state index in [1.165, 1.54) is 0 Å². The fraction of sp³-hybridized carbons (Fsp3) is 0.250. The van der Waals surface area contributed by atoms with Crippen LogP contribution in [0.1, 0.15) is 6.92 Å². The lowest BCUT2D eigenvalue weighted by Crippen LogP contribution is -1.74. The molecule has 9 heavy (non-hydrogen) atoms. The molecular formula is C8H12O. The maximum atomic E-state index is 8.40. The van der Waals surface area contributed by atoms with E-state index in [9.17, 15) is 0 Å². The second-order valence-electron chi connectivity index (χ2n) is 1.73. The molecule has 1 nitrogen and oxygen atoms in total. The van der Waals surface area contributed by atoms with Crippen molar-refractivity contribution in [3.05, 3.63) is 36.5 Å². The molecule has 0 unspecified atom stereocenters. The van der Waals surface area contributed by atoms with Crippen molar-refractivity contribution in [3.8, 4) is 0 Å². The molecule has 0 amide bonds. The molecule has 0 saturated heterocycles. The van der Waals surface area contributed by atoms with Crippen LogP contribution in [-0.2, 0) is 0 Å². The maximum Gasteiger partial charge on any atom is 0.0617 e. The first kappa shape index (κ1) is 8.18. The van der Waals surface area contributed by atoms with E-state index >= 15 is 0 Å². The van der Waals surface area contributed by atoms with Gasteiger partial charge in [0.15, 0.2) is 0 Å². The minimum Gasteiger partial charge on any atom is -0.392 e. The summed E-state index contributed by atoms with van der Waals surface area (Å²) >= 11 is 0. The molecule has 0 aliphatic heterocycles. The average molecular weight is 124 g/mol. The van der Waals surface area contributed by atoms with Crippen molar-refractivity contribution in [2.24, 2.45) is 0 Å². The van der Waals surface area contributed by atoms with Crippen LogP contribution in [-0.4, -0.2) is 11.7 Å². The molecule has 1 N–H and O–H groups in total. The molecule has 0 aliphatic carbocycles. The molecule has 0 atom stereocenters. The first-order valence-electron chi connectivity index (χ1n) is 2.88. The highest BCUT2D eigenvalue weighted by molar-refractivity contribution is 5.18. The van der Waals surface area contributed by atoms with Crippen LogP contribution in [0.3, 0.4) is 0 Å². The van der Waals surface area contributed by atoms with E-state index in [1.807, 2.05) is 19.1 Å². The fourth-order valence-corrected chi connectivity index (χ4v) is 0.432. The van der Waals surface area contributed by atoms with Crippen LogP contribution >= 0.6 is 0 Å². The Hall–Kier alpha value is -0.820. The summed E-state index contributed by atoms with van der Waals surface area (Å²) in [6, 6.07) is 0. The summed E-state index contributed by atoms with van der Waals surface area (Å²) < 4.78 is 0. The van der Waals surface area contributed by atoms with Crippen LogP contribution in [0.5, 0.6) is 0 Å². The zero-order valence-electron chi connectivity index (χ0n) is 5.67. The van der Waals surface area contributed by atoms with Crippen molar-refractivity contribution in [2.75, 3.05) is 6.61 Å². The van der Waals surface area contributed by atoms with E-state index in [2.05, 4.69) is 6.58 Å². The van der Waals surface area contributed by atoms with Gasteiger partial charge in [-0.25, -0.2) is 0 Å². The molecule has 0 aliphatic rings. The predicted octanol–water partition coefficient (Wildman–Crippen LogP) is 1.67. The Balaban J connectivity index is 3.74. The van der Waals surface area contributed by atoms with E-state index in [0.717, 1.165) is 5.57 Å². The Kier molecular flexibility index (Phi) is 4.83. The zero-order chi connectivity index (χ0) is 7.11. The van der Waals surface area contributed by atoms with Gasteiger partial charge in [0.05, 0.1) is 6.61 Å². The van der Waals surface area contributed by atoms with Gasteiger partial charge in [-0.05, 0) is 6.92 Å². The zero-order valence-corrected chi connectivity index (χ0v) is 5.67. The molecule has 0 aromatic heterocycles. The number of allylic oxidation sites excluding steroid dienone is 4. The number of rotatable bonds is 3. The van der Waals surface area contributed by atoms with Crippen molar-refractivity contribution < 1.29 is 5.11 Å². The molecule has 1 heteroatoms. The lowest BCUT2D eigenvalue weighted by molar-refractivity contribution is 0.342. The van der Waals surface area contributed by atoms with Gasteiger partial charge < -0.3 is 5.11 Å². The molecule has 0 spiro atoms. The van der Waals surface area contributed by atoms with Crippen LogP contribution in [0.15, 0.2) is 36.5 Å². The first-order valence-corrected chi connectivity index (χ1v) is 2.88. The van der Waals surface area contributed by atoms with Gasteiger partial charge >= 0.3 is 0 Å². The molecule has 50 valence electrons. The molecule has 0 fully saturated rings. The third-order valence-corrected chi connectivity index (χ3v) is 0.908. The Morgan fingerprint density at radius 3 is 2.78 bits per heavy atom. The SMILES string of the molecule is C=C/C=C\C(C)=C/CO. The smallest absolute Gasteiger partial charge is 0.0617 e. The quantitative estimate of drug-likeness (QED) is 0.567. The largest absolute Gasteiger partial charge is 0.392 e. The van der Waals surface area contributed by atoms with Gasteiger partial charge in [-0.2, -0.15) is 0 Å². The standard InChI is InChI=1S/C8H12O/c1-3-4-5-8(2)6-7-9/h3-6,9H,1,7H2,2H3/b5-4-,8-6-. The summed E-state index contributed by atoms with van der Waals surface area (Å²) in [5, 5.41) is 8.40. The van der Waals surface area contributed by atoms with E-state index in [1.54, 1.807) is 12.2 Å². The highest BCUT2D eigenvalue weighted by Crippen LogP contribution is 1.92. The van der Waals surface area contributed by atoms with Gasteiger partial charge in [0.1, 0.15) is 0 Å². The normalized spacial score (nSPS) is 12.4. The van der Waals surface area contributed by atoms with E-state index < -0.39 is 0 Å². The monoisotopic (exact) mass is 124 g/mol. The van der Waals surface area contributed by atoms with Crippen molar-refractivity contribution in [1.29, 1.82) is 0 Å². The van der Waals surface area contributed by atoms with Crippen molar-refractivity contribution in [2.45, 2.75) is 6.92 Å². The summed E-state index contributed by atoms with van der Waals surface area (Å²) in [5.74, 6) is 0. The highest BCUT2D eigenvalue weighted by atomic mass is 16.2. The average Bonchev–Trinajstić information content (AvgIpc) is 1.85. The number of hydrogen-bond donors (Lipinski definition) is 1. The minimum absolute atomic E-state index is 0.104. The van der Waals surface area contributed by atoms with Gasteiger partial charge in [0, 0.05) is 0 Å². The van der Waals surface area contributed by atoms with Crippen LogP contribution in [0.25, 0.3) is 0 Å². The summed E-state index contributed by atoms with van der Waals surface area (Å²) in [5.41, 5.74) is 1.05. The highest BCUT2D eigenvalue weighted by Gasteiger charge is 1.75. The van der Waals surface area contributed by atoms with Crippen LogP contribution in [0.2, 0.25) is 0 Å². The second kappa shape index (κ2) is 5.32. The van der Waals surface area contributed by atoms with E-state index in [-0.39, 0.29) is 6.61 Å². The molecule has 0 radical (unpaired) electrons. The predicted molar refractivity (Wildman–Crippen MR) is 40.2 cm³/mol. The van der Waals surface area contributed by atoms with Gasteiger partial charge in [0.2, 0.25) is 0 Å². The van der Waals surface area contributed by atoms with Crippen LogP contribution < -0.4 is 0 Å². The maximum absolute atomic E-state index is 8.40. The fourth-order valence-electron chi connectivity index (χ4n) is 0.432. The Morgan fingerprint density at radius 1 is 1.67 bits per heavy atom. The third-order valence-electron chi connectivity index (χ3n) is 0.908. The van der Waals surface area contributed by atoms with Gasteiger partial charge in [-0.1, -0.05) is 36.5 Å². The summed E-state index contributed by atoms with van der Waals surface area (Å²) in [6.07, 6.45) is 7.17. The van der Waals surface area contributed by atoms with Crippen LogP contribution in [0.4, 0.5) is 0 Å². The molecule has 0 saturated carbocycles. The molecular weight excluding hydrogens is 112 g/mol. The number of hydrogen-bond acceptors (Lipinski definition) is 1.